The van der Waals surface area contributed by atoms with Gasteiger partial charge in [-0.3, -0.25) is 0 Å². The monoisotopic (exact) mass is 254 g/mol. The molecule has 5 heteroatoms. The van der Waals surface area contributed by atoms with Crippen molar-refractivity contribution in [2.75, 3.05) is 0 Å². The van der Waals surface area contributed by atoms with Crippen LogP contribution in [0.5, 0.6) is 0 Å². The van der Waals surface area contributed by atoms with Crippen molar-refractivity contribution in [3.63, 3.8) is 0 Å². The van der Waals surface area contributed by atoms with Crippen molar-refractivity contribution < 1.29 is 8.42 Å². The van der Waals surface area contributed by atoms with Crippen LogP contribution >= 0.6 is 0 Å². The standard InChI is InChI=1S/C12H18N2O2S/c1-9-5-2-3-8-12(9)17(15,16)14-11-7-4-6-10(11)13/h2-3,5,8,10-11,14H,4,6-7,13H2,1H3. The second-order valence-electron chi connectivity index (χ2n) is 4.59. The maximum absolute atomic E-state index is 12.2. The van der Waals surface area contributed by atoms with E-state index in [1.807, 2.05) is 6.07 Å². The Kier molecular flexibility index (Phi) is 3.51. The summed E-state index contributed by atoms with van der Waals surface area (Å²) < 4.78 is 27.1. The topological polar surface area (TPSA) is 72.2 Å². The van der Waals surface area contributed by atoms with E-state index < -0.39 is 10.0 Å². The molecule has 1 aliphatic carbocycles. The summed E-state index contributed by atoms with van der Waals surface area (Å²) in [4.78, 5) is 0.346. The van der Waals surface area contributed by atoms with Crippen molar-refractivity contribution in [2.24, 2.45) is 5.73 Å². The molecule has 2 unspecified atom stereocenters. The van der Waals surface area contributed by atoms with Crippen molar-refractivity contribution in [1.82, 2.24) is 4.72 Å². The van der Waals surface area contributed by atoms with Gasteiger partial charge in [0.05, 0.1) is 4.90 Å². The van der Waals surface area contributed by atoms with E-state index in [0.717, 1.165) is 24.8 Å². The highest BCUT2D eigenvalue weighted by molar-refractivity contribution is 7.89. The van der Waals surface area contributed by atoms with Crippen molar-refractivity contribution in [2.45, 2.75) is 43.2 Å². The predicted octanol–water partition coefficient (Wildman–Crippen LogP) is 1.15. The van der Waals surface area contributed by atoms with E-state index >= 15 is 0 Å². The molecule has 0 amide bonds. The molecule has 1 aromatic rings. The summed E-state index contributed by atoms with van der Waals surface area (Å²) in [6.07, 6.45) is 2.70. The number of aryl methyl sites for hydroxylation is 1. The van der Waals surface area contributed by atoms with Gasteiger partial charge in [-0.05, 0) is 31.4 Å². The van der Waals surface area contributed by atoms with Gasteiger partial charge < -0.3 is 5.73 Å². The highest BCUT2D eigenvalue weighted by atomic mass is 32.2. The second-order valence-corrected chi connectivity index (χ2v) is 6.27. The van der Waals surface area contributed by atoms with Gasteiger partial charge in [-0.15, -0.1) is 0 Å². The zero-order chi connectivity index (χ0) is 12.5. The fourth-order valence-electron chi connectivity index (χ4n) is 2.26. The number of rotatable bonds is 3. The molecule has 0 aromatic heterocycles. The summed E-state index contributed by atoms with van der Waals surface area (Å²) in [5.41, 5.74) is 6.63. The summed E-state index contributed by atoms with van der Waals surface area (Å²) in [5.74, 6) is 0. The molecule has 17 heavy (non-hydrogen) atoms. The average Bonchev–Trinajstić information content (AvgIpc) is 2.64. The van der Waals surface area contributed by atoms with Gasteiger partial charge in [-0.1, -0.05) is 24.6 Å². The summed E-state index contributed by atoms with van der Waals surface area (Å²) in [6, 6.07) is 6.79. The fourth-order valence-corrected chi connectivity index (χ4v) is 3.82. The molecule has 1 aromatic carbocycles. The fraction of sp³-hybridized carbons (Fsp3) is 0.500. The maximum Gasteiger partial charge on any atom is 0.241 e. The molecule has 1 fully saturated rings. The molecule has 94 valence electrons. The maximum atomic E-state index is 12.2. The minimum Gasteiger partial charge on any atom is -0.326 e. The number of benzene rings is 1. The number of sulfonamides is 1. The van der Waals surface area contributed by atoms with E-state index in [2.05, 4.69) is 4.72 Å². The van der Waals surface area contributed by atoms with Gasteiger partial charge in [0, 0.05) is 12.1 Å². The van der Waals surface area contributed by atoms with Crippen molar-refractivity contribution >= 4 is 10.0 Å². The first kappa shape index (κ1) is 12.5. The summed E-state index contributed by atoms with van der Waals surface area (Å²) in [5, 5.41) is 0. The Morgan fingerprint density at radius 2 is 2.00 bits per heavy atom. The SMILES string of the molecule is Cc1ccccc1S(=O)(=O)NC1CCCC1N. The minimum absolute atomic E-state index is 0.0613. The van der Waals surface area contributed by atoms with Gasteiger partial charge >= 0.3 is 0 Å². The highest BCUT2D eigenvalue weighted by Crippen LogP contribution is 2.21. The van der Waals surface area contributed by atoms with Crippen LogP contribution in [0.1, 0.15) is 24.8 Å². The Hall–Kier alpha value is -0.910. The number of hydrogen-bond acceptors (Lipinski definition) is 3. The largest absolute Gasteiger partial charge is 0.326 e. The zero-order valence-electron chi connectivity index (χ0n) is 9.89. The van der Waals surface area contributed by atoms with E-state index in [4.69, 9.17) is 5.73 Å². The molecule has 3 N–H and O–H groups in total. The Balaban J connectivity index is 2.22. The summed E-state index contributed by atoms with van der Waals surface area (Å²) in [7, 11) is -3.44. The minimum atomic E-state index is -3.44. The Bertz CT molecular complexity index is 499. The third-order valence-corrected chi connectivity index (χ3v) is 4.91. The van der Waals surface area contributed by atoms with Crippen LogP contribution in [-0.4, -0.2) is 20.5 Å². The van der Waals surface area contributed by atoms with Crippen LogP contribution in [0.3, 0.4) is 0 Å². The molecule has 0 heterocycles. The van der Waals surface area contributed by atoms with Gasteiger partial charge in [-0.25, -0.2) is 13.1 Å². The van der Waals surface area contributed by atoms with E-state index in [9.17, 15) is 8.42 Å². The van der Waals surface area contributed by atoms with Crippen molar-refractivity contribution in [3.05, 3.63) is 29.8 Å². The highest BCUT2D eigenvalue weighted by Gasteiger charge is 2.29. The Morgan fingerprint density at radius 3 is 2.59 bits per heavy atom. The van der Waals surface area contributed by atoms with Crippen LogP contribution in [0.4, 0.5) is 0 Å². The van der Waals surface area contributed by atoms with Crippen LogP contribution in [0.2, 0.25) is 0 Å². The van der Waals surface area contributed by atoms with Gasteiger partial charge in [0.1, 0.15) is 0 Å². The smallest absolute Gasteiger partial charge is 0.241 e. The van der Waals surface area contributed by atoms with Crippen LogP contribution < -0.4 is 10.5 Å². The third kappa shape index (κ3) is 2.68. The number of nitrogens with two attached hydrogens (primary N) is 1. The normalized spacial score (nSPS) is 25.1. The van der Waals surface area contributed by atoms with Crippen LogP contribution in [-0.2, 0) is 10.0 Å². The van der Waals surface area contributed by atoms with E-state index in [1.54, 1.807) is 25.1 Å². The van der Waals surface area contributed by atoms with Crippen LogP contribution in [0.25, 0.3) is 0 Å². The molecule has 2 atom stereocenters. The average molecular weight is 254 g/mol. The molecule has 2 rings (SSSR count). The lowest BCUT2D eigenvalue weighted by molar-refractivity contribution is 0.522. The molecule has 0 aliphatic heterocycles. The lowest BCUT2D eigenvalue weighted by atomic mass is 10.2. The van der Waals surface area contributed by atoms with E-state index in [1.165, 1.54) is 0 Å². The number of nitrogens with one attached hydrogen (secondary N) is 1. The van der Waals surface area contributed by atoms with Crippen molar-refractivity contribution in [1.29, 1.82) is 0 Å². The molecule has 4 nitrogen and oxygen atoms in total. The zero-order valence-corrected chi connectivity index (χ0v) is 10.7. The first-order valence-electron chi connectivity index (χ1n) is 5.84. The Morgan fingerprint density at radius 1 is 1.29 bits per heavy atom. The third-order valence-electron chi connectivity index (χ3n) is 3.26. The summed E-state index contributed by atoms with van der Waals surface area (Å²) >= 11 is 0. The first-order valence-corrected chi connectivity index (χ1v) is 7.32. The predicted molar refractivity (Wildman–Crippen MR) is 67.1 cm³/mol. The molecular formula is C12H18N2O2S. The van der Waals surface area contributed by atoms with E-state index in [-0.39, 0.29) is 12.1 Å². The summed E-state index contributed by atoms with van der Waals surface area (Å²) in [6.45, 7) is 1.79. The van der Waals surface area contributed by atoms with E-state index in [0.29, 0.717) is 4.90 Å². The Labute approximate surface area is 102 Å². The molecular weight excluding hydrogens is 236 g/mol. The number of hydrogen-bond donors (Lipinski definition) is 2. The lowest BCUT2D eigenvalue weighted by Crippen LogP contribution is -2.44. The molecule has 1 saturated carbocycles. The quantitative estimate of drug-likeness (QED) is 0.850. The molecule has 1 aliphatic rings. The lowest BCUT2D eigenvalue weighted by Gasteiger charge is -2.18. The van der Waals surface area contributed by atoms with Gasteiger partial charge in [0.15, 0.2) is 0 Å². The molecule has 0 spiro atoms. The van der Waals surface area contributed by atoms with Crippen molar-refractivity contribution in [3.8, 4) is 0 Å². The van der Waals surface area contributed by atoms with Gasteiger partial charge in [0.2, 0.25) is 10.0 Å². The van der Waals surface area contributed by atoms with Crippen LogP contribution in [0, 0.1) is 6.92 Å². The molecule has 0 radical (unpaired) electrons. The second kappa shape index (κ2) is 4.76. The van der Waals surface area contributed by atoms with Crippen LogP contribution in [0.15, 0.2) is 29.2 Å². The van der Waals surface area contributed by atoms with Gasteiger partial charge in [-0.2, -0.15) is 0 Å². The molecule has 0 saturated heterocycles. The molecule has 0 bridgehead atoms. The van der Waals surface area contributed by atoms with Gasteiger partial charge in [0.25, 0.3) is 0 Å². The first-order chi connectivity index (χ1) is 8.00.